The molecule has 0 aliphatic carbocycles. The Labute approximate surface area is 93.3 Å². The highest BCUT2D eigenvalue weighted by Gasteiger charge is 2.19. The molecule has 0 heterocycles. The van der Waals surface area contributed by atoms with E-state index in [1.807, 2.05) is 13.8 Å². The van der Waals surface area contributed by atoms with Crippen LogP contribution in [0, 0.1) is 0 Å². The molecule has 0 aromatic rings. The molecule has 2 unspecified atom stereocenters. The molecule has 15 heavy (non-hydrogen) atoms. The van der Waals surface area contributed by atoms with E-state index in [1.54, 1.807) is 13.8 Å². The first-order valence-corrected chi connectivity index (χ1v) is 6.86. The summed E-state index contributed by atoms with van der Waals surface area (Å²) >= 11 is 0. The highest BCUT2D eigenvalue weighted by atomic mass is 32.3. The predicted octanol–water partition coefficient (Wildman–Crippen LogP) is 2.64. The minimum atomic E-state index is -3.82. The maximum atomic E-state index is 11.4. The second-order valence-electron chi connectivity index (χ2n) is 3.80. The summed E-state index contributed by atoms with van der Waals surface area (Å²) in [4.78, 5) is 0. The first-order valence-electron chi connectivity index (χ1n) is 5.52. The van der Waals surface area contributed by atoms with Crippen LogP contribution in [0.4, 0.5) is 0 Å². The molecule has 0 spiro atoms. The Bertz CT molecular complexity index is 228. The van der Waals surface area contributed by atoms with E-state index in [0.717, 1.165) is 12.8 Å². The van der Waals surface area contributed by atoms with Crippen LogP contribution in [0.5, 0.6) is 0 Å². The normalized spacial score (nSPS) is 16.3. The molecule has 0 aromatic carbocycles. The van der Waals surface area contributed by atoms with Crippen molar-refractivity contribution in [3.63, 3.8) is 0 Å². The summed E-state index contributed by atoms with van der Waals surface area (Å²) in [5.41, 5.74) is 0. The third-order valence-electron chi connectivity index (χ3n) is 1.95. The zero-order valence-corrected chi connectivity index (χ0v) is 10.8. The monoisotopic (exact) mass is 238 g/mol. The fourth-order valence-electron chi connectivity index (χ4n) is 1.33. The van der Waals surface area contributed by atoms with Crippen molar-refractivity contribution >= 4 is 10.4 Å². The average molecular weight is 238 g/mol. The lowest BCUT2D eigenvalue weighted by Crippen LogP contribution is -2.21. The van der Waals surface area contributed by atoms with Crippen molar-refractivity contribution in [3.05, 3.63) is 0 Å². The molecule has 2 atom stereocenters. The van der Waals surface area contributed by atoms with Crippen LogP contribution in [0.1, 0.15) is 53.4 Å². The fraction of sp³-hybridized carbons (Fsp3) is 1.00. The molecule has 0 bridgehead atoms. The lowest BCUT2D eigenvalue weighted by Gasteiger charge is -2.15. The van der Waals surface area contributed by atoms with Gasteiger partial charge in [-0.05, 0) is 26.7 Å². The van der Waals surface area contributed by atoms with E-state index >= 15 is 0 Å². The topological polar surface area (TPSA) is 52.6 Å². The van der Waals surface area contributed by atoms with Crippen molar-refractivity contribution in [1.82, 2.24) is 0 Å². The van der Waals surface area contributed by atoms with E-state index in [1.165, 1.54) is 0 Å². The van der Waals surface area contributed by atoms with Crippen molar-refractivity contribution in [1.29, 1.82) is 0 Å². The Morgan fingerprint density at radius 3 is 1.53 bits per heavy atom. The maximum Gasteiger partial charge on any atom is 0.400 e. The van der Waals surface area contributed by atoms with Gasteiger partial charge in [-0.1, -0.05) is 26.7 Å². The van der Waals surface area contributed by atoms with Gasteiger partial charge in [-0.15, -0.1) is 0 Å². The summed E-state index contributed by atoms with van der Waals surface area (Å²) in [6, 6.07) is 0. The molecule has 0 saturated carbocycles. The summed E-state index contributed by atoms with van der Waals surface area (Å²) in [5, 5.41) is 0. The Morgan fingerprint density at radius 2 is 1.27 bits per heavy atom. The standard InChI is InChI=1S/C10H22O4S/c1-5-7-9(3)13-15(11,12)14-10(4)8-6-2/h9-10H,5-8H2,1-4H3. The molecular weight excluding hydrogens is 216 g/mol. The second kappa shape index (κ2) is 7.19. The van der Waals surface area contributed by atoms with Crippen molar-refractivity contribution < 1.29 is 16.8 Å². The molecule has 0 N–H and O–H groups in total. The van der Waals surface area contributed by atoms with Crippen molar-refractivity contribution in [2.45, 2.75) is 65.6 Å². The third-order valence-corrected chi connectivity index (χ3v) is 3.08. The van der Waals surface area contributed by atoms with Crippen LogP contribution in [0.15, 0.2) is 0 Å². The van der Waals surface area contributed by atoms with E-state index in [-0.39, 0.29) is 12.2 Å². The molecule has 0 saturated heterocycles. The van der Waals surface area contributed by atoms with Gasteiger partial charge >= 0.3 is 10.4 Å². The van der Waals surface area contributed by atoms with Gasteiger partial charge in [0.1, 0.15) is 0 Å². The number of hydrogen-bond donors (Lipinski definition) is 0. The van der Waals surface area contributed by atoms with Crippen LogP contribution in [0.3, 0.4) is 0 Å². The van der Waals surface area contributed by atoms with Crippen LogP contribution in [-0.2, 0) is 18.8 Å². The van der Waals surface area contributed by atoms with Crippen molar-refractivity contribution in [3.8, 4) is 0 Å². The molecule has 0 radical (unpaired) electrons. The second-order valence-corrected chi connectivity index (χ2v) is 5.00. The summed E-state index contributed by atoms with van der Waals surface area (Å²) < 4.78 is 32.4. The molecule has 0 fully saturated rings. The fourth-order valence-corrected chi connectivity index (χ4v) is 2.38. The summed E-state index contributed by atoms with van der Waals surface area (Å²) in [5.74, 6) is 0. The lowest BCUT2D eigenvalue weighted by atomic mass is 10.2. The molecule has 0 aliphatic rings. The zero-order chi connectivity index (χ0) is 11.9. The zero-order valence-electron chi connectivity index (χ0n) is 10.0. The first kappa shape index (κ1) is 14.9. The van der Waals surface area contributed by atoms with Crippen molar-refractivity contribution in [2.24, 2.45) is 0 Å². The molecule has 5 heteroatoms. The Balaban J connectivity index is 4.07. The third kappa shape index (κ3) is 7.76. The van der Waals surface area contributed by atoms with Gasteiger partial charge in [-0.3, -0.25) is 0 Å². The van der Waals surface area contributed by atoms with Crippen LogP contribution in [0.25, 0.3) is 0 Å². The van der Waals surface area contributed by atoms with Gasteiger partial charge in [-0.25, -0.2) is 8.37 Å². The number of rotatable bonds is 8. The highest BCUT2D eigenvalue weighted by Crippen LogP contribution is 2.11. The van der Waals surface area contributed by atoms with Crippen LogP contribution in [-0.4, -0.2) is 20.6 Å². The summed E-state index contributed by atoms with van der Waals surface area (Å²) in [7, 11) is -3.82. The van der Waals surface area contributed by atoms with Crippen molar-refractivity contribution in [2.75, 3.05) is 0 Å². The van der Waals surface area contributed by atoms with Gasteiger partial charge in [-0.2, -0.15) is 8.42 Å². The van der Waals surface area contributed by atoms with E-state index in [4.69, 9.17) is 8.37 Å². The predicted molar refractivity (Wildman–Crippen MR) is 59.8 cm³/mol. The van der Waals surface area contributed by atoms with E-state index in [9.17, 15) is 8.42 Å². The van der Waals surface area contributed by atoms with Gasteiger partial charge in [0.2, 0.25) is 0 Å². The summed E-state index contributed by atoms with van der Waals surface area (Å²) in [6.07, 6.45) is 2.58. The molecule has 0 rings (SSSR count). The Hall–Kier alpha value is -0.130. The first-order chi connectivity index (χ1) is 6.91. The minimum absolute atomic E-state index is 0.311. The van der Waals surface area contributed by atoms with Crippen LogP contribution in [0.2, 0.25) is 0 Å². The maximum absolute atomic E-state index is 11.4. The molecule has 92 valence electrons. The van der Waals surface area contributed by atoms with Gasteiger partial charge < -0.3 is 0 Å². The van der Waals surface area contributed by atoms with E-state index in [0.29, 0.717) is 12.8 Å². The van der Waals surface area contributed by atoms with Gasteiger partial charge in [0.15, 0.2) is 0 Å². The highest BCUT2D eigenvalue weighted by molar-refractivity contribution is 7.81. The quantitative estimate of drug-likeness (QED) is 0.652. The SMILES string of the molecule is CCCC(C)OS(=O)(=O)OC(C)CCC. The van der Waals surface area contributed by atoms with Gasteiger partial charge in [0.05, 0.1) is 12.2 Å². The Morgan fingerprint density at radius 1 is 0.933 bits per heavy atom. The largest absolute Gasteiger partial charge is 0.400 e. The smallest absolute Gasteiger partial charge is 0.245 e. The van der Waals surface area contributed by atoms with Gasteiger partial charge in [0.25, 0.3) is 0 Å². The Kier molecular flexibility index (Phi) is 7.13. The molecular formula is C10H22O4S. The van der Waals surface area contributed by atoms with E-state index < -0.39 is 10.4 Å². The lowest BCUT2D eigenvalue weighted by molar-refractivity contribution is 0.129. The average Bonchev–Trinajstić information content (AvgIpc) is 2.01. The summed E-state index contributed by atoms with van der Waals surface area (Å²) in [6.45, 7) is 7.42. The molecule has 4 nitrogen and oxygen atoms in total. The minimum Gasteiger partial charge on any atom is -0.245 e. The molecule has 0 amide bonds. The van der Waals surface area contributed by atoms with E-state index in [2.05, 4.69) is 0 Å². The van der Waals surface area contributed by atoms with Crippen LogP contribution < -0.4 is 0 Å². The van der Waals surface area contributed by atoms with Crippen LogP contribution >= 0.6 is 0 Å². The van der Waals surface area contributed by atoms with Gasteiger partial charge in [0, 0.05) is 0 Å². The molecule has 0 aliphatic heterocycles. The molecule has 0 aromatic heterocycles. The number of hydrogen-bond acceptors (Lipinski definition) is 4.